The van der Waals surface area contributed by atoms with E-state index in [0.717, 1.165) is 28.6 Å². The molecule has 4 rings (SSSR count). The lowest BCUT2D eigenvalue weighted by Gasteiger charge is -2.21. The fourth-order valence-electron chi connectivity index (χ4n) is 3.86. The van der Waals surface area contributed by atoms with Crippen LogP contribution in [0.15, 0.2) is 92.8 Å². The number of rotatable bonds is 13. The first-order valence-electron chi connectivity index (χ1n) is 12.6. The minimum Gasteiger partial charge on any atom is -0.494 e. The van der Waals surface area contributed by atoms with Gasteiger partial charge in [0.1, 0.15) is 11.5 Å². The van der Waals surface area contributed by atoms with E-state index in [1.807, 2.05) is 36.4 Å². The van der Waals surface area contributed by atoms with Crippen LogP contribution in [0.1, 0.15) is 53.9 Å². The van der Waals surface area contributed by atoms with Gasteiger partial charge in [-0.05, 0) is 67.4 Å². The van der Waals surface area contributed by atoms with E-state index in [1.165, 1.54) is 18.2 Å². The Hall–Kier alpha value is -3.63. The number of benzene rings is 3. The van der Waals surface area contributed by atoms with Crippen molar-refractivity contribution in [3.8, 4) is 5.75 Å². The largest absolute Gasteiger partial charge is 0.494 e. The summed E-state index contributed by atoms with van der Waals surface area (Å²) in [5.41, 5.74) is 2.19. The molecule has 0 bridgehead atoms. The lowest BCUT2D eigenvalue weighted by Crippen LogP contribution is -2.16. The number of carbonyl (C=O) groups excluding carboxylic acids is 1. The standard InChI is InChI=1S/C29H30BrN3O5S/c1-3-4-17-37-25-13-7-21(8-14-25)27(19-28(34)22-5-9-23(30)10-6-22)31-24-11-15-26(16-12-24)39(35,36)33-29-18-20(2)38-32-29/h5-16,18,27,31H,3-4,17,19H2,1-2H3,(H,32,33). The highest BCUT2D eigenvalue weighted by Gasteiger charge is 2.20. The Morgan fingerprint density at radius 1 is 1.03 bits per heavy atom. The van der Waals surface area contributed by atoms with Gasteiger partial charge < -0.3 is 14.6 Å². The number of hydrogen-bond acceptors (Lipinski definition) is 7. The van der Waals surface area contributed by atoms with Gasteiger partial charge in [0.25, 0.3) is 10.0 Å². The van der Waals surface area contributed by atoms with Crippen molar-refractivity contribution >= 4 is 43.2 Å². The van der Waals surface area contributed by atoms with E-state index in [-0.39, 0.29) is 29.0 Å². The zero-order chi connectivity index (χ0) is 27.8. The van der Waals surface area contributed by atoms with E-state index in [4.69, 9.17) is 9.26 Å². The number of unbranched alkanes of at least 4 members (excludes halogenated alkanes) is 1. The number of anilines is 2. The molecule has 1 unspecified atom stereocenters. The van der Waals surface area contributed by atoms with Crippen LogP contribution in [0.2, 0.25) is 0 Å². The molecule has 0 saturated heterocycles. The van der Waals surface area contributed by atoms with E-state index < -0.39 is 10.0 Å². The van der Waals surface area contributed by atoms with Crippen LogP contribution in [-0.2, 0) is 10.0 Å². The quantitative estimate of drug-likeness (QED) is 0.122. The molecule has 39 heavy (non-hydrogen) atoms. The van der Waals surface area contributed by atoms with Crippen molar-refractivity contribution < 1.29 is 22.5 Å². The zero-order valence-electron chi connectivity index (χ0n) is 21.7. The number of nitrogens with zero attached hydrogens (tertiary/aromatic N) is 1. The van der Waals surface area contributed by atoms with E-state index in [1.54, 1.807) is 31.2 Å². The predicted octanol–water partition coefficient (Wildman–Crippen LogP) is 7.15. The number of carbonyl (C=O) groups is 1. The predicted molar refractivity (Wildman–Crippen MR) is 155 cm³/mol. The molecule has 0 radical (unpaired) electrons. The third-order valence-electron chi connectivity index (χ3n) is 5.98. The Kier molecular flexibility index (Phi) is 9.42. The van der Waals surface area contributed by atoms with Gasteiger partial charge in [0.2, 0.25) is 0 Å². The van der Waals surface area contributed by atoms with Crippen LogP contribution in [0.5, 0.6) is 5.75 Å². The second-order valence-corrected chi connectivity index (χ2v) is 11.7. The number of Topliss-reactive ketones (excluding diaryl/α,β-unsaturated/α-hetero) is 1. The van der Waals surface area contributed by atoms with Gasteiger partial charge in [0.15, 0.2) is 11.6 Å². The molecule has 1 heterocycles. The third-order valence-corrected chi connectivity index (χ3v) is 7.88. The van der Waals surface area contributed by atoms with Crippen LogP contribution in [0.4, 0.5) is 11.5 Å². The summed E-state index contributed by atoms with van der Waals surface area (Å²) in [6, 6.07) is 22.4. The van der Waals surface area contributed by atoms with Gasteiger partial charge in [-0.15, -0.1) is 0 Å². The molecule has 0 saturated carbocycles. The van der Waals surface area contributed by atoms with Crippen molar-refractivity contribution in [2.45, 2.75) is 44.0 Å². The van der Waals surface area contributed by atoms with E-state index in [0.29, 0.717) is 23.6 Å². The second kappa shape index (κ2) is 12.9. The molecule has 3 aromatic carbocycles. The maximum absolute atomic E-state index is 13.2. The summed E-state index contributed by atoms with van der Waals surface area (Å²) in [4.78, 5) is 13.2. The van der Waals surface area contributed by atoms with Crippen molar-refractivity contribution in [2.75, 3.05) is 16.6 Å². The van der Waals surface area contributed by atoms with E-state index in [2.05, 4.69) is 38.0 Å². The first-order chi connectivity index (χ1) is 18.7. The highest BCUT2D eigenvalue weighted by molar-refractivity contribution is 9.10. The molecule has 8 nitrogen and oxygen atoms in total. The fraction of sp³-hybridized carbons (Fsp3) is 0.241. The minimum absolute atomic E-state index is 0.0189. The Morgan fingerprint density at radius 3 is 2.33 bits per heavy atom. The Balaban J connectivity index is 1.52. The summed E-state index contributed by atoms with van der Waals surface area (Å²) in [5, 5.41) is 7.08. The number of nitrogens with one attached hydrogen (secondary N) is 2. The van der Waals surface area contributed by atoms with Crippen molar-refractivity contribution in [1.29, 1.82) is 0 Å². The SMILES string of the molecule is CCCCOc1ccc(C(CC(=O)c2ccc(Br)cc2)Nc2ccc(S(=O)(=O)Nc3cc(C)on3)cc2)cc1. The van der Waals surface area contributed by atoms with Crippen molar-refractivity contribution in [3.63, 3.8) is 0 Å². The van der Waals surface area contributed by atoms with Crippen LogP contribution in [0, 0.1) is 6.92 Å². The number of aromatic nitrogens is 1. The second-order valence-electron chi connectivity index (χ2n) is 9.05. The molecule has 0 spiro atoms. The van der Waals surface area contributed by atoms with Gasteiger partial charge in [0, 0.05) is 28.2 Å². The molecule has 2 N–H and O–H groups in total. The number of sulfonamides is 1. The Labute approximate surface area is 236 Å². The number of aryl methyl sites for hydroxylation is 1. The van der Waals surface area contributed by atoms with Crippen molar-refractivity contribution in [3.05, 3.63) is 100 Å². The molecular weight excluding hydrogens is 582 g/mol. The Bertz CT molecular complexity index is 1490. The van der Waals surface area contributed by atoms with Gasteiger partial charge >= 0.3 is 0 Å². The van der Waals surface area contributed by atoms with Gasteiger partial charge in [-0.25, -0.2) is 8.42 Å². The molecule has 0 aliphatic rings. The van der Waals surface area contributed by atoms with Crippen LogP contribution < -0.4 is 14.8 Å². The van der Waals surface area contributed by atoms with Crippen LogP contribution in [0.3, 0.4) is 0 Å². The monoisotopic (exact) mass is 611 g/mol. The van der Waals surface area contributed by atoms with Crippen molar-refractivity contribution in [1.82, 2.24) is 5.16 Å². The molecule has 0 aliphatic heterocycles. The summed E-state index contributed by atoms with van der Waals surface area (Å²) < 4.78 is 39.5. The summed E-state index contributed by atoms with van der Waals surface area (Å²) in [5.74, 6) is 1.36. The first-order valence-corrected chi connectivity index (χ1v) is 14.9. The topological polar surface area (TPSA) is 111 Å². The molecular formula is C29H30BrN3O5S. The average Bonchev–Trinajstić information content (AvgIpc) is 3.33. The Morgan fingerprint density at radius 2 is 1.72 bits per heavy atom. The molecule has 10 heteroatoms. The molecule has 1 atom stereocenters. The molecule has 0 fully saturated rings. The maximum atomic E-state index is 13.2. The van der Waals surface area contributed by atoms with Gasteiger partial charge in [0.05, 0.1) is 17.5 Å². The van der Waals surface area contributed by atoms with Crippen LogP contribution in [-0.4, -0.2) is 26.0 Å². The zero-order valence-corrected chi connectivity index (χ0v) is 24.1. The number of halogens is 1. The van der Waals surface area contributed by atoms with Gasteiger partial charge in [-0.1, -0.05) is 58.7 Å². The van der Waals surface area contributed by atoms with Crippen LogP contribution >= 0.6 is 15.9 Å². The molecule has 204 valence electrons. The molecule has 1 aromatic heterocycles. The lowest BCUT2D eigenvalue weighted by atomic mass is 9.97. The average molecular weight is 613 g/mol. The molecule has 0 aliphatic carbocycles. The summed E-state index contributed by atoms with van der Waals surface area (Å²) in [6.07, 6.45) is 2.23. The van der Waals surface area contributed by atoms with E-state index >= 15 is 0 Å². The summed E-state index contributed by atoms with van der Waals surface area (Å²) in [6.45, 7) is 4.44. The number of ether oxygens (including phenoxy) is 1. The molecule has 0 amide bonds. The highest BCUT2D eigenvalue weighted by Crippen LogP contribution is 2.28. The smallest absolute Gasteiger partial charge is 0.263 e. The van der Waals surface area contributed by atoms with Crippen LogP contribution in [0.25, 0.3) is 0 Å². The first kappa shape index (κ1) is 28.4. The van der Waals surface area contributed by atoms with Gasteiger partial charge in [-0.2, -0.15) is 0 Å². The van der Waals surface area contributed by atoms with E-state index in [9.17, 15) is 13.2 Å². The summed E-state index contributed by atoms with van der Waals surface area (Å²) >= 11 is 3.40. The normalized spacial score (nSPS) is 12.1. The third kappa shape index (κ3) is 7.93. The highest BCUT2D eigenvalue weighted by atomic mass is 79.9. The number of hydrogen-bond donors (Lipinski definition) is 2. The van der Waals surface area contributed by atoms with Crippen molar-refractivity contribution in [2.24, 2.45) is 0 Å². The van der Waals surface area contributed by atoms with Gasteiger partial charge in [-0.3, -0.25) is 9.52 Å². The maximum Gasteiger partial charge on any atom is 0.263 e. The lowest BCUT2D eigenvalue weighted by molar-refractivity contribution is 0.0976. The number of ketones is 1. The fourth-order valence-corrected chi connectivity index (χ4v) is 5.11. The minimum atomic E-state index is -3.84. The summed E-state index contributed by atoms with van der Waals surface area (Å²) in [7, 11) is -3.84. The molecule has 4 aromatic rings.